The molecule has 3 heteroatoms. The van der Waals surface area contributed by atoms with Gasteiger partial charge in [-0.15, -0.1) is 5.10 Å². The number of rotatable bonds is 6. The molecule has 0 unspecified atom stereocenters. The molecule has 0 saturated heterocycles. The van der Waals surface area contributed by atoms with Gasteiger partial charge in [0.15, 0.2) is 0 Å². The SMILES string of the molecule is CCCCc1c(CC(C)(C)C)nnn1CCC. The van der Waals surface area contributed by atoms with Gasteiger partial charge in [-0.25, -0.2) is 4.68 Å². The molecular weight excluding hydrogens is 210 g/mol. The lowest BCUT2D eigenvalue weighted by atomic mass is 9.89. The number of aryl methyl sites for hydroxylation is 1. The molecule has 0 bridgehead atoms. The van der Waals surface area contributed by atoms with Gasteiger partial charge in [0.05, 0.1) is 11.4 Å². The third-order valence-electron chi connectivity index (χ3n) is 2.82. The lowest BCUT2D eigenvalue weighted by Crippen LogP contribution is -2.12. The van der Waals surface area contributed by atoms with Crippen LogP contribution in [0.25, 0.3) is 0 Å². The van der Waals surface area contributed by atoms with Gasteiger partial charge >= 0.3 is 0 Å². The predicted molar refractivity (Wildman–Crippen MR) is 72.1 cm³/mol. The molecule has 1 rings (SSSR count). The van der Waals surface area contributed by atoms with Gasteiger partial charge in [-0.3, -0.25) is 0 Å². The Morgan fingerprint density at radius 1 is 1.12 bits per heavy atom. The van der Waals surface area contributed by atoms with E-state index in [2.05, 4.69) is 49.6 Å². The van der Waals surface area contributed by atoms with Gasteiger partial charge in [0.2, 0.25) is 0 Å². The van der Waals surface area contributed by atoms with Crippen LogP contribution < -0.4 is 0 Å². The van der Waals surface area contributed by atoms with E-state index < -0.39 is 0 Å². The van der Waals surface area contributed by atoms with E-state index in [9.17, 15) is 0 Å². The fourth-order valence-electron chi connectivity index (χ4n) is 2.02. The average Bonchev–Trinajstić information content (AvgIpc) is 2.56. The maximum Gasteiger partial charge on any atom is 0.0864 e. The van der Waals surface area contributed by atoms with Gasteiger partial charge in [-0.2, -0.15) is 0 Å². The number of hydrogen-bond acceptors (Lipinski definition) is 2. The number of nitrogens with zero attached hydrogens (tertiary/aromatic N) is 3. The van der Waals surface area contributed by atoms with Gasteiger partial charge in [-0.1, -0.05) is 46.3 Å². The summed E-state index contributed by atoms with van der Waals surface area (Å²) in [6.07, 6.45) is 5.72. The number of hydrogen-bond donors (Lipinski definition) is 0. The van der Waals surface area contributed by atoms with Crippen molar-refractivity contribution in [1.29, 1.82) is 0 Å². The minimum Gasteiger partial charge on any atom is -0.249 e. The second kappa shape index (κ2) is 6.18. The summed E-state index contributed by atoms with van der Waals surface area (Å²) in [5, 5.41) is 8.70. The van der Waals surface area contributed by atoms with Crippen LogP contribution >= 0.6 is 0 Å². The first kappa shape index (κ1) is 14.2. The van der Waals surface area contributed by atoms with E-state index in [1.807, 2.05) is 0 Å². The third kappa shape index (κ3) is 4.49. The summed E-state index contributed by atoms with van der Waals surface area (Å²) >= 11 is 0. The summed E-state index contributed by atoms with van der Waals surface area (Å²) in [6, 6.07) is 0. The molecule has 0 spiro atoms. The highest BCUT2D eigenvalue weighted by atomic mass is 15.4. The Morgan fingerprint density at radius 2 is 1.82 bits per heavy atom. The van der Waals surface area contributed by atoms with Gasteiger partial charge in [0.25, 0.3) is 0 Å². The highest BCUT2D eigenvalue weighted by Gasteiger charge is 2.18. The van der Waals surface area contributed by atoms with Crippen LogP contribution in [-0.2, 0) is 19.4 Å². The van der Waals surface area contributed by atoms with Crippen LogP contribution in [0, 0.1) is 5.41 Å². The van der Waals surface area contributed by atoms with Gasteiger partial charge in [0, 0.05) is 6.54 Å². The second-order valence-electron chi connectivity index (χ2n) is 6.05. The van der Waals surface area contributed by atoms with E-state index in [0.717, 1.165) is 25.8 Å². The molecular formula is C14H27N3. The highest BCUT2D eigenvalue weighted by Crippen LogP contribution is 2.22. The Balaban J connectivity index is 2.87. The number of aromatic nitrogens is 3. The molecule has 1 aromatic rings. The van der Waals surface area contributed by atoms with Crippen LogP contribution in [0.5, 0.6) is 0 Å². The maximum atomic E-state index is 4.39. The highest BCUT2D eigenvalue weighted by molar-refractivity contribution is 5.12. The standard InChI is InChI=1S/C14H27N3/c1-6-8-9-13-12(11-14(3,4)5)15-16-17(13)10-7-2/h6-11H2,1-5H3. The molecule has 0 radical (unpaired) electrons. The Hall–Kier alpha value is -0.860. The first-order chi connectivity index (χ1) is 7.98. The van der Waals surface area contributed by atoms with Crippen LogP contribution in [0.15, 0.2) is 0 Å². The molecule has 98 valence electrons. The van der Waals surface area contributed by atoms with Crippen LogP contribution in [0.4, 0.5) is 0 Å². The zero-order chi connectivity index (χ0) is 12.9. The van der Waals surface area contributed by atoms with Crippen molar-refractivity contribution in [2.24, 2.45) is 5.41 Å². The van der Waals surface area contributed by atoms with E-state index in [-0.39, 0.29) is 5.41 Å². The van der Waals surface area contributed by atoms with Crippen molar-refractivity contribution in [3.63, 3.8) is 0 Å². The molecule has 0 saturated carbocycles. The summed E-state index contributed by atoms with van der Waals surface area (Å²) in [5.41, 5.74) is 2.86. The van der Waals surface area contributed by atoms with E-state index in [1.165, 1.54) is 24.2 Å². The van der Waals surface area contributed by atoms with Crippen molar-refractivity contribution in [3.05, 3.63) is 11.4 Å². The van der Waals surface area contributed by atoms with Crippen molar-refractivity contribution in [2.75, 3.05) is 0 Å². The zero-order valence-corrected chi connectivity index (χ0v) is 12.1. The zero-order valence-electron chi connectivity index (χ0n) is 12.1. The normalized spacial score (nSPS) is 12.1. The Kier molecular flexibility index (Phi) is 5.16. The predicted octanol–water partition coefficient (Wildman–Crippen LogP) is 3.62. The third-order valence-corrected chi connectivity index (χ3v) is 2.82. The summed E-state index contributed by atoms with van der Waals surface area (Å²) in [5.74, 6) is 0. The fraction of sp³-hybridized carbons (Fsp3) is 0.857. The maximum absolute atomic E-state index is 4.39. The molecule has 1 aromatic heterocycles. The minimum atomic E-state index is 0.286. The first-order valence-electron chi connectivity index (χ1n) is 6.89. The first-order valence-corrected chi connectivity index (χ1v) is 6.89. The van der Waals surface area contributed by atoms with E-state index >= 15 is 0 Å². The molecule has 1 heterocycles. The molecule has 0 amide bonds. The van der Waals surface area contributed by atoms with Crippen LogP contribution in [0.1, 0.15) is 65.3 Å². The molecule has 0 aliphatic rings. The molecule has 0 N–H and O–H groups in total. The molecule has 0 fully saturated rings. The molecule has 0 aliphatic heterocycles. The second-order valence-corrected chi connectivity index (χ2v) is 6.05. The topological polar surface area (TPSA) is 30.7 Å². The Bertz CT molecular complexity index is 334. The summed E-state index contributed by atoms with van der Waals surface area (Å²) in [4.78, 5) is 0. The molecule has 0 aliphatic carbocycles. The Labute approximate surface area is 106 Å². The van der Waals surface area contributed by atoms with Gasteiger partial charge in [0.1, 0.15) is 0 Å². The molecule has 0 atom stereocenters. The summed E-state index contributed by atoms with van der Waals surface area (Å²) in [7, 11) is 0. The van der Waals surface area contributed by atoms with Crippen LogP contribution in [0.3, 0.4) is 0 Å². The summed E-state index contributed by atoms with van der Waals surface area (Å²) in [6.45, 7) is 12.2. The lowest BCUT2D eigenvalue weighted by molar-refractivity contribution is 0.404. The smallest absolute Gasteiger partial charge is 0.0864 e. The van der Waals surface area contributed by atoms with Gasteiger partial charge < -0.3 is 0 Å². The van der Waals surface area contributed by atoms with Crippen molar-refractivity contribution >= 4 is 0 Å². The number of unbranched alkanes of at least 4 members (excludes halogenated alkanes) is 1. The van der Waals surface area contributed by atoms with Crippen molar-refractivity contribution in [1.82, 2.24) is 15.0 Å². The van der Waals surface area contributed by atoms with Crippen LogP contribution in [-0.4, -0.2) is 15.0 Å². The van der Waals surface area contributed by atoms with Crippen molar-refractivity contribution in [2.45, 2.75) is 73.3 Å². The molecule has 17 heavy (non-hydrogen) atoms. The minimum absolute atomic E-state index is 0.286. The fourth-order valence-corrected chi connectivity index (χ4v) is 2.02. The quantitative estimate of drug-likeness (QED) is 0.756. The lowest BCUT2D eigenvalue weighted by Gasteiger charge is -2.17. The molecule has 0 aromatic carbocycles. The van der Waals surface area contributed by atoms with E-state index in [0.29, 0.717) is 0 Å². The monoisotopic (exact) mass is 237 g/mol. The molecule has 3 nitrogen and oxygen atoms in total. The van der Waals surface area contributed by atoms with E-state index in [1.54, 1.807) is 0 Å². The Morgan fingerprint density at radius 3 is 2.35 bits per heavy atom. The van der Waals surface area contributed by atoms with Crippen LogP contribution in [0.2, 0.25) is 0 Å². The van der Waals surface area contributed by atoms with Crippen molar-refractivity contribution in [3.8, 4) is 0 Å². The van der Waals surface area contributed by atoms with Gasteiger partial charge in [-0.05, 0) is 31.1 Å². The van der Waals surface area contributed by atoms with Crippen molar-refractivity contribution < 1.29 is 0 Å². The average molecular weight is 237 g/mol. The largest absolute Gasteiger partial charge is 0.249 e. The summed E-state index contributed by atoms with van der Waals surface area (Å²) < 4.78 is 2.11. The van der Waals surface area contributed by atoms with E-state index in [4.69, 9.17) is 0 Å².